The first-order chi connectivity index (χ1) is 13.1. The number of hydrogen-bond donors (Lipinski definition) is 1. The van der Waals surface area contributed by atoms with E-state index in [0.717, 1.165) is 6.54 Å². The van der Waals surface area contributed by atoms with E-state index in [-0.39, 0.29) is 11.9 Å². The second-order valence-electron chi connectivity index (χ2n) is 7.62. The van der Waals surface area contributed by atoms with Crippen LogP contribution in [-0.2, 0) is 24.3 Å². The molecular formula is C17H29F3N2O6S. The maximum Gasteiger partial charge on any atom is 0.490 e. The first-order valence-corrected chi connectivity index (χ1v) is 11.2. The molecule has 0 spiro atoms. The summed E-state index contributed by atoms with van der Waals surface area (Å²) in [4.78, 5) is 23.8. The molecule has 2 aliphatic rings. The summed E-state index contributed by atoms with van der Waals surface area (Å²) in [6, 6.07) is 0.338. The van der Waals surface area contributed by atoms with E-state index in [4.69, 9.17) is 14.6 Å². The molecule has 29 heavy (non-hydrogen) atoms. The van der Waals surface area contributed by atoms with E-state index in [1.807, 2.05) is 6.92 Å². The van der Waals surface area contributed by atoms with Crippen LogP contribution < -0.4 is 0 Å². The van der Waals surface area contributed by atoms with Crippen molar-refractivity contribution in [3.8, 4) is 0 Å². The number of nitrogens with zero attached hydrogens (tertiary/aromatic N) is 2. The predicted molar refractivity (Wildman–Crippen MR) is 98.6 cm³/mol. The molecule has 0 unspecified atom stereocenters. The van der Waals surface area contributed by atoms with Gasteiger partial charge in [0.25, 0.3) is 0 Å². The van der Waals surface area contributed by atoms with Crippen molar-refractivity contribution in [1.29, 1.82) is 0 Å². The van der Waals surface area contributed by atoms with Gasteiger partial charge in [0.15, 0.2) is 0 Å². The van der Waals surface area contributed by atoms with E-state index in [2.05, 4.69) is 18.7 Å². The minimum atomic E-state index is -5.08. The fourth-order valence-electron chi connectivity index (χ4n) is 3.74. The minimum Gasteiger partial charge on any atom is -0.475 e. The smallest absolute Gasteiger partial charge is 0.475 e. The third-order valence-corrected chi connectivity index (χ3v) is 6.57. The summed E-state index contributed by atoms with van der Waals surface area (Å²) in [6.07, 6.45) is -2.43. The molecule has 0 aromatic heterocycles. The van der Waals surface area contributed by atoms with Crippen LogP contribution in [0, 0.1) is 11.3 Å². The molecular weight excluding hydrogens is 417 g/mol. The van der Waals surface area contributed by atoms with Crippen molar-refractivity contribution in [3.05, 3.63) is 0 Å². The SMILES string of the molecule is CCOC(=O)[C@]12CCCN(S(C)(=O)=O)C[C@H]1CN(C(C)C)C2.O=C(O)C(F)(F)F. The molecule has 12 heteroatoms. The topological polar surface area (TPSA) is 104 Å². The largest absolute Gasteiger partial charge is 0.490 e. The van der Waals surface area contributed by atoms with Gasteiger partial charge in [-0.15, -0.1) is 0 Å². The number of carbonyl (C=O) groups is 2. The van der Waals surface area contributed by atoms with Gasteiger partial charge in [0.2, 0.25) is 10.0 Å². The number of fused-ring (bicyclic) bond motifs is 1. The number of sulfonamides is 1. The highest BCUT2D eigenvalue weighted by molar-refractivity contribution is 7.88. The summed E-state index contributed by atoms with van der Waals surface area (Å²) in [5, 5.41) is 7.12. The third kappa shape index (κ3) is 6.54. The highest BCUT2D eigenvalue weighted by Gasteiger charge is 2.55. The van der Waals surface area contributed by atoms with Crippen molar-refractivity contribution in [1.82, 2.24) is 9.21 Å². The van der Waals surface area contributed by atoms with Gasteiger partial charge in [-0.25, -0.2) is 17.5 Å². The molecule has 0 aromatic carbocycles. The van der Waals surface area contributed by atoms with Crippen molar-refractivity contribution in [2.24, 2.45) is 11.3 Å². The van der Waals surface area contributed by atoms with Gasteiger partial charge in [-0.05, 0) is 33.6 Å². The van der Waals surface area contributed by atoms with E-state index in [1.165, 1.54) is 10.6 Å². The van der Waals surface area contributed by atoms with Crippen LogP contribution in [0.1, 0.15) is 33.6 Å². The average Bonchev–Trinajstić information content (AvgIpc) is 2.83. The van der Waals surface area contributed by atoms with Crippen LogP contribution >= 0.6 is 0 Å². The number of rotatable bonds is 4. The molecule has 0 aromatic rings. The summed E-state index contributed by atoms with van der Waals surface area (Å²) in [7, 11) is -3.23. The number of likely N-dealkylation sites (tertiary alicyclic amines) is 1. The van der Waals surface area contributed by atoms with Gasteiger partial charge in [0, 0.05) is 38.1 Å². The Kier molecular flexibility index (Phi) is 8.49. The van der Waals surface area contributed by atoms with Crippen molar-refractivity contribution in [2.45, 2.75) is 45.8 Å². The highest BCUT2D eigenvalue weighted by Crippen LogP contribution is 2.44. The summed E-state index contributed by atoms with van der Waals surface area (Å²) >= 11 is 0. The maximum absolute atomic E-state index is 12.7. The monoisotopic (exact) mass is 446 g/mol. The molecule has 0 bridgehead atoms. The van der Waals surface area contributed by atoms with Crippen LogP contribution in [0.15, 0.2) is 0 Å². The average molecular weight is 446 g/mol. The zero-order valence-corrected chi connectivity index (χ0v) is 17.8. The van der Waals surface area contributed by atoms with Gasteiger partial charge in [-0.3, -0.25) is 9.69 Å². The molecule has 8 nitrogen and oxygen atoms in total. The second-order valence-corrected chi connectivity index (χ2v) is 9.61. The Balaban J connectivity index is 0.000000516. The zero-order valence-electron chi connectivity index (χ0n) is 17.0. The standard InChI is InChI=1S/C15H28N2O4S.C2HF3O2/c1-5-21-14(18)15-7-6-8-17(22(4,19)20)10-13(15)9-16(11-15)12(2)3;3-2(4,5)1(6)7/h12-13H,5-11H2,1-4H3;(H,6,7)/t13-,15+;/m1./s1. The molecule has 170 valence electrons. The van der Waals surface area contributed by atoms with E-state index >= 15 is 0 Å². The van der Waals surface area contributed by atoms with Gasteiger partial charge in [0.05, 0.1) is 18.3 Å². The number of halogens is 3. The van der Waals surface area contributed by atoms with Crippen LogP contribution in [0.2, 0.25) is 0 Å². The Bertz CT molecular complexity index is 698. The van der Waals surface area contributed by atoms with E-state index < -0.39 is 27.6 Å². The molecule has 2 fully saturated rings. The Labute approximate surface area is 169 Å². The minimum absolute atomic E-state index is 0.00572. The number of hydrogen-bond acceptors (Lipinski definition) is 6. The molecule has 2 aliphatic heterocycles. The predicted octanol–water partition coefficient (Wildman–Crippen LogP) is 1.56. The molecule has 2 heterocycles. The van der Waals surface area contributed by atoms with Gasteiger partial charge in [0.1, 0.15) is 0 Å². The molecule has 2 atom stereocenters. The molecule has 2 saturated heterocycles. The fraction of sp³-hybridized carbons (Fsp3) is 0.882. The summed E-state index contributed by atoms with van der Waals surface area (Å²) in [5.74, 6) is -2.91. The molecule has 2 rings (SSSR count). The van der Waals surface area contributed by atoms with Gasteiger partial charge >= 0.3 is 18.1 Å². The van der Waals surface area contributed by atoms with Crippen molar-refractivity contribution >= 4 is 22.0 Å². The Morgan fingerprint density at radius 3 is 2.24 bits per heavy atom. The maximum atomic E-state index is 12.7. The Morgan fingerprint density at radius 2 is 1.83 bits per heavy atom. The summed E-state index contributed by atoms with van der Waals surface area (Å²) in [6.45, 7) is 8.74. The van der Waals surface area contributed by atoms with Crippen LogP contribution in [0.5, 0.6) is 0 Å². The quantitative estimate of drug-likeness (QED) is 0.654. The van der Waals surface area contributed by atoms with E-state index in [1.54, 1.807) is 0 Å². The van der Waals surface area contributed by atoms with E-state index in [0.29, 0.717) is 45.1 Å². The summed E-state index contributed by atoms with van der Waals surface area (Å²) < 4.78 is 62.5. The van der Waals surface area contributed by atoms with Crippen molar-refractivity contribution < 1.29 is 41.0 Å². The van der Waals surface area contributed by atoms with Crippen LogP contribution in [0.3, 0.4) is 0 Å². The molecule has 1 N–H and O–H groups in total. The summed E-state index contributed by atoms with van der Waals surface area (Å²) in [5.41, 5.74) is -0.556. The lowest BCUT2D eigenvalue weighted by atomic mass is 9.75. The molecule has 0 aliphatic carbocycles. The van der Waals surface area contributed by atoms with Gasteiger partial charge < -0.3 is 9.84 Å². The number of alkyl halides is 3. The normalized spacial score (nSPS) is 26.3. The fourth-order valence-corrected chi connectivity index (χ4v) is 4.65. The van der Waals surface area contributed by atoms with Gasteiger partial charge in [-0.2, -0.15) is 13.2 Å². The van der Waals surface area contributed by atoms with Crippen LogP contribution in [0.4, 0.5) is 13.2 Å². The zero-order chi connectivity index (χ0) is 22.6. The van der Waals surface area contributed by atoms with Gasteiger partial charge in [-0.1, -0.05) is 0 Å². The molecule has 0 radical (unpaired) electrons. The van der Waals surface area contributed by atoms with Crippen LogP contribution in [-0.4, -0.2) is 85.9 Å². The van der Waals surface area contributed by atoms with Crippen LogP contribution in [0.25, 0.3) is 0 Å². The highest BCUT2D eigenvalue weighted by atomic mass is 32.2. The molecule has 0 amide bonds. The lowest BCUT2D eigenvalue weighted by Crippen LogP contribution is -2.43. The number of esters is 1. The number of aliphatic carboxylic acids is 1. The second kappa shape index (κ2) is 9.61. The number of carboxylic acids is 1. The van der Waals surface area contributed by atoms with Crippen molar-refractivity contribution in [2.75, 3.05) is 39.0 Å². The Morgan fingerprint density at radius 1 is 1.28 bits per heavy atom. The first kappa shape index (κ1) is 25.6. The first-order valence-electron chi connectivity index (χ1n) is 9.31. The lowest BCUT2D eigenvalue weighted by molar-refractivity contribution is -0.192. The lowest BCUT2D eigenvalue weighted by Gasteiger charge is -2.31. The molecule has 0 saturated carbocycles. The number of ether oxygens (including phenoxy) is 1. The Hall–Kier alpha value is -1.40. The third-order valence-electron chi connectivity index (χ3n) is 5.30. The van der Waals surface area contributed by atoms with Crippen molar-refractivity contribution in [3.63, 3.8) is 0 Å². The number of carboxylic acid groups (broad SMARTS) is 1. The van der Waals surface area contributed by atoms with E-state index in [9.17, 15) is 26.4 Å². The number of carbonyl (C=O) groups excluding carboxylic acids is 1.